The van der Waals surface area contributed by atoms with Gasteiger partial charge >= 0.3 is 0 Å². The first-order valence-electron chi connectivity index (χ1n) is 7.48. The number of halogens is 1. The number of rotatable bonds is 4. The molecule has 2 heteroatoms. The van der Waals surface area contributed by atoms with Crippen molar-refractivity contribution in [3.8, 4) is 0 Å². The molecule has 0 N–H and O–H groups in total. The molecule has 0 saturated heterocycles. The first-order valence-corrected chi connectivity index (χ1v) is 11.0. The Hall–Kier alpha value is -1.67. The van der Waals surface area contributed by atoms with Crippen LogP contribution in [0.25, 0.3) is 10.8 Å². The second kappa shape index (κ2) is 6.40. The predicted octanol–water partition coefficient (Wildman–Crippen LogP) is 6.02. The van der Waals surface area contributed by atoms with Gasteiger partial charge in [0.25, 0.3) is 0 Å². The highest BCUT2D eigenvalue weighted by Crippen LogP contribution is 2.35. The van der Waals surface area contributed by atoms with E-state index in [1.54, 1.807) is 12.1 Å². The van der Waals surface area contributed by atoms with Crippen molar-refractivity contribution in [2.75, 3.05) is 0 Å². The molecule has 0 bridgehead atoms. The zero-order chi connectivity index (χ0) is 15.5. The maximum absolute atomic E-state index is 13.2. The Morgan fingerprint density at radius 3 is 1.90 bits per heavy atom. The van der Waals surface area contributed by atoms with Crippen molar-refractivity contribution in [3.63, 3.8) is 0 Å². The van der Waals surface area contributed by atoms with Crippen LogP contribution in [0, 0.1) is 5.82 Å². The molecule has 2 rings (SSSR count). The molecule has 0 amide bonds. The molecule has 0 aliphatic rings. The first-order chi connectivity index (χ1) is 9.93. The first kappa shape index (κ1) is 15.7. The summed E-state index contributed by atoms with van der Waals surface area (Å²) in [6.45, 7) is 9.25. The number of allylic oxidation sites excluding steroid dienone is 1. The quantitative estimate of drug-likeness (QED) is 0.478. The zero-order valence-electron chi connectivity index (χ0n) is 13.3. The van der Waals surface area contributed by atoms with Crippen molar-refractivity contribution in [1.82, 2.24) is 0 Å². The third-order valence-corrected chi connectivity index (χ3v) is 5.75. The predicted molar refractivity (Wildman–Crippen MR) is 93.3 cm³/mol. The Balaban J connectivity index is 2.68. The van der Waals surface area contributed by atoms with Crippen LogP contribution in [0.2, 0.25) is 19.6 Å². The Morgan fingerprint density at radius 1 is 0.857 bits per heavy atom. The van der Waals surface area contributed by atoms with Gasteiger partial charge in [0.15, 0.2) is 0 Å². The van der Waals surface area contributed by atoms with Crippen LogP contribution in [-0.4, -0.2) is 8.07 Å². The van der Waals surface area contributed by atoms with Gasteiger partial charge in [-0.1, -0.05) is 69.0 Å². The van der Waals surface area contributed by atoms with Crippen LogP contribution in [0.15, 0.2) is 54.6 Å². The van der Waals surface area contributed by atoms with Gasteiger partial charge in [0, 0.05) is 0 Å². The van der Waals surface area contributed by atoms with Crippen molar-refractivity contribution in [1.29, 1.82) is 0 Å². The fourth-order valence-corrected chi connectivity index (χ4v) is 5.10. The SMILES string of the molecule is CC/C(=C(/c1ccc(F)cc1)[Si](C)(C)C)c1ccccc1. The van der Waals surface area contributed by atoms with Gasteiger partial charge in [-0.3, -0.25) is 0 Å². The zero-order valence-corrected chi connectivity index (χ0v) is 14.3. The van der Waals surface area contributed by atoms with E-state index in [9.17, 15) is 4.39 Å². The summed E-state index contributed by atoms with van der Waals surface area (Å²) in [7, 11) is -1.55. The van der Waals surface area contributed by atoms with Crippen LogP contribution in [-0.2, 0) is 0 Å². The van der Waals surface area contributed by atoms with Crippen LogP contribution in [0.5, 0.6) is 0 Å². The summed E-state index contributed by atoms with van der Waals surface area (Å²) in [5.41, 5.74) is 3.83. The van der Waals surface area contributed by atoms with Gasteiger partial charge in [-0.25, -0.2) is 4.39 Å². The van der Waals surface area contributed by atoms with E-state index in [0.717, 1.165) is 12.0 Å². The standard InChI is InChI=1S/C19H23FSi/c1-5-18(15-9-7-6-8-10-15)19(21(2,3)4)16-11-13-17(20)14-12-16/h6-14H,5H2,1-4H3/b19-18+. The van der Waals surface area contributed by atoms with Crippen molar-refractivity contribution in [2.24, 2.45) is 0 Å². The molecule has 0 unspecified atom stereocenters. The molecular formula is C19H23FSi. The molecule has 0 heterocycles. The Morgan fingerprint density at radius 2 is 1.43 bits per heavy atom. The lowest BCUT2D eigenvalue weighted by molar-refractivity contribution is 0.627. The summed E-state index contributed by atoms with van der Waals surface area (Å²) in [4.78, 5) is 0. The highest BCUT2D eigenvalue weighted by Gasteiger charge is 2.24. The van der Waals surface area contributed by atoms with E-state index in [1.165, 1.54) is 16.3 Å². The molecule has 0 saturated carbocycles. The van der Waals surface area contributed by atoms with E-state index in [1.807, 2.05) is 18.2 Å². The highest BCUT2D eigenvalue weighted by molar-refractivity contribution is 6.95. The van der Waals surface area contributed by atoms with E-state index >= 15 is 0 Å². The normalized spacial score (nSPS) is 13.0. The van der Waals surface area contributed by atoms with E-state index in [2.05, 4.69) is 50.8 Å². The summed E-state index contributed by atoms with van der Waals surface area (Å²) >= 11 is 0. The third-order valence-electron chi connectivity index (χ3n) is 3.66. The van der Waals surface area contributed by atoms with Crippen LogP contribution in [0.1, 0.15) is 24.5 Å². The average Bonchev–Trinajstić information content (AvgIpc) is 2.45. The molecule has 0 aliphatic carbocycles. The van der Waals surface area contributed by atoms with Crippen molar-refractivity contribution in [2.45, 2.75) is 33.0 Å². The summed E-state index contributed by atoms with van der Waals surface area (Å²) < 4.78 is 13.2. The minimum Gasteiger partial charge on any atom is -0.207 e. The average molecular weight is 298 g/mol. The lowest BCUT2D eigenvalue weighted by Crippen LogP contribution is -2.24. The van der Waals surface area contributed by atoms with E-state index in [0.29, 0.717) is 0 Å². The lowest BCUT2D eigenvalue weighted by Gasteiger charge is -2.26. The molecule has 0 fully saturated rings. The van der Waals surface area contributed by atoms with Gasteiger partial charge < -0.3 is 0 Å². The minimum atomic E-state index is -1.55. The summed E-state index contributed by atoms with van der Waals surface area (Å²) in [5, 5.41) is 1.43. The van der Waals surface area contributed by atoms with Gasteiger partial charge in [-0.15, -0.1) is 0 Å². The monoisotopic (exact) mass is 298 g/mol. The summed E-state index contributed by atoms with van der Waals surface area (Å²) in [6, 6.07) is 17.5. The van der Waals surface area contributed by atoms with Crippen LogP contribution in [0.3, 0.4) is 0 Å². The van der Waals surface area contributed by atoms with Crippen molar-refractivity contribution in [3.05, 3.63) is 71.5 Å². The molecule has 0 nitrogen and oxygen atoms in total. The van der Waals surface area contributed by atoms with Gasteiger partial charge in [-0.05, 0) is 40.4 Å². The molecule has 2 aromatic carbocycles. The topological polar surface area (TPSA) is 0 Å². The summed E-state index contributed by atoms with van der Waals surface area (Å²) in [6.07, 6.45) is 0.987. The molecule has 2 aromatic rings. The fourth-order valence-electron chi connectivity index (χ4n) is 2.84. The maximum atomic E-state index is 13.2. The molecule has 110 valence electrons. The Kier molecular flexibility index (Phi) is 4.79. The molecule has 0 radical (unpaired) electrons. The van der Waals surface area contributed by atoms with Crippen molar-refractivity contribution < 1.29 is 4.39 Å². The van der Waals surface area contributed by atoms with Crippen LogP contribution < -0.4 is 0 Å². The van der Waals surface area contributed by atoms with Gasteiger partial charge in [-0.2, -0.15) is 0 Å². The molecular weight excluding hydrogens is 275 g/mol. The lowest BCUT2D eigenvalue weighted by atomic mass is 10.0. The van der Waals surface area contributed by atoms with Crippen LogP contribution >= 0.6 is 0 Å². The Labute approximate surface area is 128 Å². The van der Waals surface area contributed by atoms with Crippen LogP contribution in [0.4, 0.5) is 4.39 Å². The van der Waals surface area contributed by atoms with Gasteiger partial charge in [0.2, 0.25) is 0 Å². The van der Waals surface area contributed by atoms with E-state index in [-0.39, 0.29) is 5.82 Å². The molecule has 0 spiro atoms. The Bertz CT molecular complexity index is 619. The van der Waals surface area contributed by atoms with Gasteiger partial charge in [0.05, 0.1) is 8.07 Å². The number of hydrogen-bond acceptors (Lipinski definition) is 0. The fraction of sp³-hybridized carbons (Fsp3) is 0.263. The van der Waals surface area contributed by atoms with Crippen molar-refractivity contribution >= 4 is 18.8 Å². The number of hydrogen-bond donors (Lipinski definition) is 0. The maximum Gasteiger partial charge on any atom is 0.123 e. The minimum absolute atomic E-state index is 0.175. The number of benzene rings is 2. The second-order valence-corrected chi connectivity index (χ2v) is 11.3. The largest absolute Gasteiger partial charge is 0.207 e. The van der Waals surface area contributed by atoms with E-state index in [4.69, 9.17) is 0 Å². The summed E-state index contributed by atoms with van der Waals surface area (Å²) in [5.74, 6) is -0.175. The third kappa shape index (κ3) is 3.70. The van der Waals surface area contributed by atoms with Gasteiger partial charge in [0.1, 0.15) is 5.82 Å². The second-order valence-electron chi connectivity index (χ2n) is 6.33. The molecule has 21 heavy (non-hydrogen) atoms. The molecule has 0 aromatic heterocycles. The highest BCUT2D eigenvalue weighted by atomic mass is 28.3. The molecule has 0 atom stereocenters. The molecule has 0 aliphatic heterocycles. The van der Waals surface area contributed by atoms with E-state index < -0.39 is 8.07 Å². The smallest absolute Gasteiger partial charge is 0.123 e.